The molecule has 1 aliphatic rings. The van der Waals surface area contributed by atoms with Crippen molar-refractivity contribution in [2.24, 2.45) is 0 Å². The summed E-state index contributed by atoms with van der Waals surface area (Å²) in [4.78, 5) is 14.0. The molecule has 0 aliphatic carbocycles. The Labute approximate surface area is 124 Å². The third kappa shape index (κ3) is 2.42. The number of aromatic nitrogens is 1. The Bertz CT molecular complexity index is 685. The van der Waals surface area contributed by atoms with Crippen molar-refractivity contribution >= 4 is 16.9 Å². The molecule has 1 saturated heterocycles. The predicted octanol–water partition coefficient (Wildman–Crippen LogP) is -0.561. The number of para-hydroxylation sites is 1. The van der Waals surface area contributed by atoms with Gasteiger partial charge in [-0.2, -0.15) is 0 Å². The summed E-state index contributed by atoms with van der Waals surface area (Å²) in [6.45, 7) is 0. The number of hydrogen-bond acceptors (Lipinski definition) is 6. The Hall–Kier alpha value is -2.13. The van der Waals surface area contributed by atoms with Crippen LogP contribution in [-0.4, -0.2) is 62.1 Å². The monoisotopic (exact) mass is 309 g/mol. The average molecular weight is 309 g/mol. The maximum Gasteiger partial charge on any atom is 0.335 e. The van der Waals surface area contributed by atoms with E-state index in [9.17, 15) is 20.1 Å². The number of fused-ring (bicyclic) bond motifs is 1. The maximum absolute atomic E-state index is 11.0. The summed E-state index contributed by atoms with van der Waals surface area (Å²) in [6.07, 6.45) is -6.58. The van der Waals surface area contributed by atoms with E-state index in [1.54, 1.807) is 12.1 Å². The predicted molar refractivity (Wildman–Crippen MR) is 73.2 cm³/mol. The second kappa shape index (κ2) is 5.58. The van der Waals surface area contributed by atoms with Gasteiger partial charge < -0.3 is 34.9 Å². The van der Waals surface area contributed by atoms with Crippen LogP contribution in [0.1, 0.15) is 0 Å². The van der Waals surface area contributed by atoms with Crippen LogP contribution in [0.4, 0.5) is 0 Å². The van der Waals surface area contributed by atoms with Crippen LogP contribution in [0.15, 0.2) is 30.5 Å². The molecule has 5 atom stereocenters. The van der Waals surface area contributed by atoms with Gasteiger partial charge in [-0.25, -0.2) is 4.79 Å². The average Bonchev–Trinajstić information content (AvgIpc) is 2.91. The van der Waals surface area contributed by atoms with Gasteiger partial charge in [0.2, 0.25) is 6.29 Å². The molecule has 5 N–H and O–H groups in total. The molecule has 118 valence electrons. The molecule has 0 bridgehead atoms. The van der Waals surface area contributed by atoms with E-state index >= 15 is 0 Å². The van der Waals surface area contributed by atoms with E-state index in [-0.39, 0.29) is 0 Å². The number of aliphatic hydroxyl groups excluding tert-OH is 3. The van der Waals surface area contributed by atoms with E-state index in [1.165, 1.54) is 6.20 Å². The van der Waals surface area contributed by atoms with E-state index in [4.69, 9.17) is 14.6 Å². The number of rotatable bonds is 3. The molecule has 8 heteroatoms. The lowest BCUT2D eigenvalue weighted by Crippen LogP contribution is -2.61. The van der Waals surface area contributed by atoms with Crippen LogP contribution in [-0.2, 0) is 9.53 Å². The van der Waals surface area contributed by atoms with Crippen LogP contribution in [0.25, 0.3) is 10.9 Å². The quantitative estimate of drug-likeness (QED) is 0.513. The summed E-state index contributed by atoms with van der Waals surface area (Å²) >= 11 is 0. The second-order valence-corrected chi connectivity index (χ2v) is 5.05. The number of nitrogens with one attached hydrogen (secondary N) is 1. The van der Waals surface area contributed by atoms with Gasteiger partial charge in [0.15, 0.2) is 6.10 Å². The molecule has 1 aliphatic heterocycles. The highest BCUT2D eigenvalue weighted by Gasteiger charge is 2.48. The molecule has 1 aromatic carbocycles. The molecular weight excluding hydrogens is 294 g/mol. The molecule has 0 radical (unpaired) electrons. The molecule has 0 unspecified atom stereocenters. The Morgan fingerprint density at radius 1 is 1.14 bits per heavy atom. The highest BCUT2D eigenvalue weighted by Crippen LogP contribution is 2.29. The number of benzene rings is 1. The van der Waals surface area contributed by atoms with E-state index in [0.29, 0.717) is 11.1 Å². The minimum atomic E-state index is -1.74. The zero-order valence-corrected chi connectivity index (χ0v) is 11.3. The van der Waals surface area contributed by atoms with E-state index in [2.05, 4.69) is 4.98 Å². The first kappa shape index (κ1) is 14.8. The number of carbonyl (C=O) groups is 1. The minimum Gasteiger partial charge on any atom is -0.479 e. The summed E-state index contributed by atoms with van der Waals surface area (Å²) in [5, 5.41) is 39.0. The third-order valence-electron chi connectivity index (χ3n) is 3.61. The van der Waals surface area contributed by atoms with Crippen molar-refractivity contribution in [1.29, 1.82) is 0 Å². The molecule has 3 rings (SSSR count). The molecule has 2 heterocycles. The standard InChI is InChI=1S/C14H15NO7/c16-9-10(17)12(13(19)20)22-14(11(9)18)21-8-5-15-7-4-2-1-3-6(7)8/h1-5,9-12,14-18H,(H,19,20)/t9-,10+,11-,12-,14-/m1/s1. The van der Waals surface area contributed by atoms with Gasteiger partial charge in [-0.3, -0.25) is 0 Å². The van der Waals surface area contributed by atoms with Crippen molar-refractivity contribution in [1.82, 2.24) is 4.98 Å². The van der Waals surface area contributed by atoms with Gasteiger partial charge >= 0.3 is 5.97 Å². The highest BCUT2D eigenvalue weighted by atomic mass is 16.7. The fraction of sp³-hybridized carbons (Fsp3) is 0.357. The second-order valence-electron chi connectivity index (χ2n) is 5.05. The smallest absolute Gasteiger partial charge is 0.335 e. The summed E-state index contributed by atoms with van der Waals surface area (Å²) in [5.41, 5.74) is 0.790. The van der Waals surface area contributed by atoms with Crippen molar-refractivity contribution in [2.75, 3.05) is 0 Å². The van der Waals surface area contributed by atoms with Crippen LogP contribution < -0.4 is 4.74 Å². The van der Waals surface area contributed by atoms with E-state index < -0.39 is 36.7 Å². The van der Waals surface area contributed by atoms with E-state index in [1.807, 2.05) is 12.1 Å². The number of aromatic amines is 1. The summed E-state index contributed by atoms with van der Waals surface area (Å²) < 4.78 is 10.6. The van der Waals surface area contributed by atoms with Crippen LogP contribution in [0, 0.1) is 0 Å². The Morgan fingerprint density at radius 2 is 1.86 bits per heavy atom. The number of aliphatic carboxylic acids is 1. The summed E-state index contributed by atoms with van der Waals surface area (Å²) in [7, 11) is 0. The van der Waals surface area contributed by atoms with Gasteiger partial charge in [0.1, 0.15) is 24.1 Å². The van der Waals surface area contributed by atoms with Crippen molar-refractivity contribution in [3.05, 3.63) is 30.5 Å². The van der Waals surface area contributed by atoms with Gasteiger partial charge in [0.25, 0.3) is 0 Å². The first-order valence-electron chi connectivity index (χ1n) is 6.64. The fourth-order valence-corrected chi connectivity index (χ4v) is 2.42. The minimum absolute atomic E-state index is 0.340. The van der Waals surface area contributed by atoms with Gasteiger partial charge in [0, 0.05) is 17.1 Å². The molecule has 0 amide bonds. The van der Waals surface area contributed by atoms with Crippen molar-refractivity contribution < 1.29 is 34.7 Å². The van der Waals surface area contributed by atoms with Crippen LogP contribution in [0.2, 0.25) is 0 Å². The number of aliphatic hydroxyl groups is 3. The number of hydrogen-bond donors (Lipinski definition) is 5. The van der Waals surface area contributed by atoms with Gasteiger partial charge in [-0.05, 0) is 12.1 Å². The Morgan fingerprint density at radius 3 is 2.59 bits per heavy atom. The largest absolute Gasteiger partial charge is 0.479 e. The van der Waals surface area contributed by atoms with Crippen molar-refractivity contribution in [3.8, 4) is 5.75 Å². The van der Waals surface area contributed by atoms with Crippen LogP contribution >= 0.6 is 0 Å². The number of ether oxygens (including phenoxy) is 2. The zero-order valence-electron chi connectivity index (χ0n) is 11.3. The normalized spacial score (nSPS) is 32.0. The highest BCUT2D eigenvalue weighted by molar-refractivity contribution is 5.85. The Kier molecular flexibility index (Phi) is 3.75. The molecule has 8 nitrogen and oxygen atoms in total. The lowest BCUT2D eigenvalue weighted by Gasteiger charge is -2.38. The molecule has 1 aromatic heterocycles. The van der Waals surface area contributed by atoms with E-state index in [0.717, 1.165) is 5.52 Å². The maximum atomic E-state index is 11.0. The van der Waals surface area contributed by atoms with Gasteiger partial charge in [0.05, 0.1) is 0 Å². The number of carboxylic acid groups (broad SMARTS) is 1. The fourth-order valence-electron chi connectivity index (χ4n) is 2.42. The third-order valence-corrected chi connectivity index (χ3v) is 3.61. The molecule has 0 saturated carbocycles. The molecule has 22 heavy (non-hydrogen) atoms. The zero-order chi connectivity index (χ0) is 15.9. The SMILES string of the molecule is O=C(O)[C@@H]1O[C@@H](Oc2c[nH]c3ccccc23)[C@H](O)[C@H](O)[C@@H]1O. The van der Waals surface area contributed by atoms with Crippen LogP contribution in [0.5, 0.6) is 5.75 Å². The molecule has 1 fully saturated rings. The first-order chi connectivity index (χ1) is 10.5. The number of carboxylic acids is 1. The summed E-state index contributed by atoms with van der Waals surface area (Å²) in [6, 6.07) is 7.21. The van der Waals surface area contributed by atoms with Crippen molar-refractivity contribution in [3.63, 3.8) is 0 Å². The van der Waals surface area contributed by atoms with Crippen molar-refractivity contribution in [2.45, 2.75) is 30.7 Å². The van der Waals surface area contributed by atoms with Gasteiger partial charge in [-0.15, -0.1) is 0 Å². The lowest BCUT2D eigenvalue weighted by molar-refractivity contribution is -0.270. The summed E-state index contributed by atoms with van der Waals surface area (Å²) in [5.74, 6) is -1.11. The first-order valence-corrected chi connectivity index (χ1v) is 6.64. The Balaban J connectivity index is 1.85. The lowest BCUT2D eigenvalue weighted by atomic mass is 9.99. The van der Waals surface area contributed by atoms with Gasteiger partial charge in [-0.1, -0.05) is 12.1 Å². The van der Waals surface area contributed by atoms with Crippen LogP contribution in [0.3, 0.4) is 0 Å². The number of H-pyrrole nitrogens is 1. The molecule has 0 spiro atoms. The topological polar surface area (TPSA) is 132 Å². The molecular formula is C14H15NO7. The molecule has 2 aromatic rings.